The SMILES string of the molecule is CC1(C)c2ccccc2-c2ccc(N(c3ccc(-c4ccccc4)cc3)c3ccc(-c4ccc5c(c4)C4(C6=C5C=CCC6)c5ccccc5-c5ccccc54)cc3)cc21. The van der Waals surface area contributed by atoms with Crippen molar-refractivity contribution in [1.29, 1.82) is 0 Å². The van der Waals surface area contributed by atoms with Crippen LogP contribution in [0.25, 0.3) is 50.1 Å². The maximum Gasteiger partial charge on any atom is 0.0688 e. The Hall–Kier alpha value is -6.96. The summed E-state index contributed by atoms with van der Waals surface area (Å²) in [6.07, 6.45) is 6.90. The highest BCUT2D eigenvalue weighted by atomic mass is 15.1. The molecular formula is C58H43N. The molecule has 0 saturated heterocycles. The minimum Gasteiger partial charge on any atom is -0.310 e. The van der Waals surface area contributed by atoms with Gasteiger partial charge in [0.05, 0.1) is 5.41 Å². The first-order valence-corrected chi connectivity index (χ1v) is 21.1. The number of rotatable bonds is 5. The van der Waals surface area contributed by atoms with Crippen molar-refractivity contribution in [2.45, 2.75) is 37.5 Å². The summed E-state index contributed by atoms with van der Waals surface area (Å²) in [6, 6.07) is 70.4. The first-order valence-electron chi connectivity index (χ1n) is 21.1. The number of allylic oxidation sites excluding steroid dienone is 4. The Morgan fingerprint density at radius 2 is 0.881 bits per heavy atom. The van der Waals surface area contributed by atoms with Crippen LogP contribution in [0.15, 0.2) is 206 Å². The molecule has 0 heterocycles. The van der Waals surface area contributed by atoms with Gasteiger partial charge in [0.2, 0.25) is 0 Å². The predicted octanol–water partition coefficient (Wildman–Crippen LogP) is 15.2. The van der Waals surface area contributed by atoms with Gasteiger partial charge in [0.15, 0.2) is 0 Å². The van der Waals surface area contributed by atoms with Crippen molar-refractivity contribution in [2.24, 2.45) is 0 Å². The highest BCUT2D eigenvalue weighted by Crippen LogP contribution is 2.64. The number of anilines is 3. The zero-order chi connectivity index (χ0) is 39.3. The van der Waals surface area contributed by atoms with Gasteiger partial charge < -0.3 is 4.90 Å². The Morgan fingerprint density at radius 3 is 1.54 bits per heavy atom. The molecule has 0 aromatic heterocycles. The maximum absolute atomic E-state index is 2.51. The Labute approximate surface area is 347 Å². The van der Waals surface area contributed by atoms with Crippen molar-refractivity contribution in [3.8, 4) is 44.5 Å². The Balaban J connectivity index is 0.976. The lowest BCUT2D eigenvalue weighted by molar-refractivity contribution is 0.660. The van der Waals surface area contributed by atoms with E-state index in [-0.39, 0.29) is 10.8 Å². The van der Waals surface area contributed by atoms with Crippen molar-refractivity contribution >= 4 is 22.6 Å². The van der Waals surface area contributed by atoms with Gasteiger partial charge in [-0.3, -0.25) is 0 Å². The lowest BCUT2D eigenvalue weighted by Gasteiger charge is -2.33. The fourth-order valence-corrected chi connectivity index (χ4v) is 11.1. The monoisotopic (exact) mass is 753 g/mol. The van der Waals surface area contributed by atoms with E-state index >= 15 is 0 Å². The van der Waals surface area contributed by atoms with Gasteiger partial charge in [-0.2, -0.15) is 0 Å². The molecule has 59 heavy (non-hydrogen) atoms. The molecule has 0 unspecified atom stereocenters. The largest absolute Gasteiger partial charge is 0.310 e. The summed E-state index contributed by atoms with van der Waals surface area (Å²) in [7, 11) is 0. The van der Waals surface area contributed by atoms with Crippen LogP contribution in [0, 0.1) is 0 Å². The van der Waals surface area contributed by atoms with Crippen molar-refractivity contribution in [2.75, 3.05) is 4.90 Å². The molecule has 1 spiro atoms. The average Bonchev–Trinajstić information content (AvgIpc) is 3.85. The number of fused-ring (bicyclic) bond motifs is 12. The third-order valence-corrected chi connectivity index (χ3v) is 13.8. The fourth-order valence-electron chi connectivity index (χ4n) is 11.1. The molecule has 4 aliphatic carbocycles. The lowest BCUT2D eigenvalue weighted by Crippen LogP contribution is -2.27. The van der Waals surface area contributed by atoms with Gasteiger partial charge >= 0.3 is 0 Å². The summed E-state index contributed by atoms with van der Waals surface area (Å²) in [5, 5.41) is 0. The molecule has 0 atom stereocenters. The van der Waals surface area contributed by atoms with Crippen molar-refractivity contribution in [3.63, 3.8) is 0 Å². The first-order chi connectivity index (χ1) is 29.0. The molecule has 0 amide bonds. The van der Waals surface area contributed by atoms with E-state index in [1.165, 1.54) is 83.5 Å². The van der Waals surface area contributed by atoms with Crippen LogP contribution in [0.4, 0.5) is 17.1 Å². The van der Waals surface area contributed by atoms with Crippen LogP contribution < -0.4 is 4.90 Å². The molecular weight excluding hydrogens is 711 g/mol. The number of hydrogen-bond donors (Lipinski definition) is 0. The molecule has 280 valence electrons. The topological polar surface area (TPSA) is 3.24 Å². The maximum atomic E-state index is 2.51. The summed E-state index contributed by atoms with van der Waals surface area (Å²) in [5.41, 5.74) is 24.7. The van der Waals surface area contributed by atoms with Gasteiger partial charge in [-0.25, -0.2) is 0 Å². The van der Waals surface area contributed by atoms with Gasteiger partial charge in [-0.1, -0.05) is 172 Å². The van der Waals surface area contributed by atoms with Crippen LogP contribution in [0.1, 0.15) is 60.1 Å². The fraction of sp³-hybridized carbons (Fsp3) is 0.103. The Bertz CT molecular complexity index is 3000. The molecule has 8 aromatic rings. The summed E-state index contributed by atoms with van der Waals surface area (Å²) < 4.78 is 0. The Kier molecular flexibility index (Phi) is 7.38. The smallest absolute Gasteiger partial charge is 0.0688 e. The lowest BCUT2D eigenvalue weighted by atomic mass is 9.68. The normalized spacial score (nSPS) is 15.6. The standard InChI is InChI=1S/C58H43N/c1-57(2)51-20-10-6-16-45(51)49-35-33-44(37-55(49)57)59(42-29-24-39(25-30-42)38-14-4-3-5-15-38)43-31-26-40(27-32-43)41-28-34-50-48-19-9-13-23-54(48)58(56(50)36-41)52-21-11-7-17-46(52)47-18-8-12-22-53(47)58/h3-12,14-22,24-37H,13,23H2,1-2H3. The molecule has 4 aliphatic rings. The highest BCUT2D eigenvalue weighted by molar-refractivity contribution is 5.98. The van der Waals surface area contributed by atoms with E-state index in [1.807, 2.05) is 0 Å². The van der Waals surface area contributed by atoms with Gasteiger partial charge in [-0.15, -0.1) is 0 Å². The van der Waals surface area contributed by atoms with Crippen LogP contribution in [-0.4, -0.2) is 0 Å². The van der Waals surface area contributed by atoms with E-state index in [9.17, 15) is 0 Å². The van der Waals surface area contributed by atoms with Gasteiger partial charge in [0, 0.05) is 22.5 Å². The van der Waals surface area contributed by atoms with Crippen LogP contribution >= 0.6 is 0 Å². The number of nitrogens with zero attached hydrogens (tertiary/aromatic N) is 1. The first kappa shape index (κ1) is 34.1. The highest BCUT2D eigenvalue weighted by Gasteiger charge is 2.52. The van der Waals surface area contributed by atoms with Crippen molar-refractivity contribution in [1.82, 2.24) is 0 Å². The van der Waals surface area contributed by atoms with Gasteiger partial charge in [0.1, 0.15) is 0 Å². The molecule has 0 aliphatic heterocycles. The van der Waals surface area contributed by atoms with E-state index in [0.717, 1.165) is 29.9 Å². The minimum absolute atomic E-state index is 0.0935. The second-order valence-electron chi connectivity index (χ2n) is 17.1. The summed E-state index contributed by atoms with van der Waals surface area (Å²) >= 11 is 0. The third-order valence-electron chi connectivity index (χ3n) is 13.8. The van der Waals surface area contributed by atoms with Gasteiger partial charge in [0.25, 0.3) is 0 Å². The van der Waals surface area contributed by atoms with E-state index in [2.05, 4.69) is 219 Å². The van der Waals surface area contributed by atoms with Crippen molar-refractivity contribution < 1.29 is 0 Å². The Morgan fingerprint density at radius 1 is 0.390 bits per heavy atom. The van der Waals surface area contributed by atoms with Crippen LogP contribution in [0.2, 0.25) is 0 Å². The second-order valence-corrected chi connectivity index (χ2v) is 17.1. The molecule has 1 nitrogen and oxygen atoms in total. The summed E-state index contributed by atoms with van der Waals surface area (Å²) in [5.74, 6) is 0. The molecule has 0 radical (unpaired) electrons. The molecule has 0 saturated carbocycles. The summed E-state index contributed by atoms with van der Waals surface area (Å²) in [6.45, 7) is 4.72. The quantitative estimate of drug-likeness (QED) is 0.169. The van der Waals surface area contributed by atoms with Crippen LogP contribution in [-0.2, 0) is 10.8 Å². The van der Waals surface area contributed by atoms with Crippen molar-refractivity contribution in [3.05, 3.63) is 239 Å². The summed E-state index contributed by atoms with van der Waals surface area (Å²) in [4.78, 5) is 2.42. The van der Waals surface area contributed by atoms with E-state index in [1.54, 1.807) is 5.57 Å². The van der Waals surface area contributed by atoms with Crippen LogP contribution in [0.5, 0.6) is 0 Å². The molecule has 0 bridgehead atoms. The van der Waals surface area contributed by atoms with Crippen LogP contribution in [0.3, 0.4) is 0 Å². The second kappa shape index (κ2) is 12.8. The van der Waals surface area contributed by atoms with E-state index in [4.69, 9.17) is 0 Å². The van der Waals surface area contributed by atoms with E-state index in [0.29, 0.717) is 0 Å². The number of benzene rings is 8. The molecule has 0 fully saturated rings. The van der Waals surface area contributed by atoms with Gasteiger partial charge in [-0.05, 0) is 144 Å². The number of hydrogen-bond acceptors (Lipinski definition) is 1. The van der Waals surface area contributed by atoms with E-state index < -0.39 is 0 Å². The molecule has 0 N–H and O–H groups in total. The third kappa shape index (κ3) is 4.85. The molecule has 12 rings (SSSR count). The molecule has 8 aromatic carbocycles. The predicted molar refractivity (Wildman–Crippen MR) is 247 cm³/mol. The zero-order valence-electron chi connectivity index (χ0n) is 33.4. The molecule has 1 heteroatoms. The zero-order valence-corrected chi connectivity index (χ0v) is 33.4. The minimum atomic E-state index is -0.276. The average molecular weight is 754 g/mol.